The van der Waals surface area contributed by atoms with Gasteiger partial charge in [0.15, 0.2) is 0 Å². The van der Waals surface area contributed by atoms with Gasteiger partial charge in [0.25, 0.3) is 0 Å². The third-order valence-electron chi connectivity index (χ3n) is 6.48. The van der Waals surface area contributed by atoms with E-state index < -0.39 is 30.3 Å². The predicted molar refractivity (Wildman–Crippen MR) is 128 cm³/mol. The summed E-state index contributed by atoms with van der Waals surface area (Å²) in [5, 5.41) is 38.6. The highest BCUT2D eigenvalue weighted by Crippen LogP contribution is 2.54. The fourth-order valence-electron chi connectivity index (χ4n) is 5.10. The van der Waals surface area contributed by atoms with E-state index in [0.717, 1.165) is 12.1 Å². The third-order valence-corrected chi connectivity index (χ3v) is 6.48. The van der Waals surface area contributed by atoms with Gasteiger partial charge in [0.05, 0.1) is 6.42 Å². The number of ether oxygens (including phenoxy) is 1. The molecular weight excluding hydrogens is 534 g/mol. The van der Waals surface area contributed by atoms with Crippen molar-refractivity contribution in [2.75, 3.05) is 0 Å². The molecule has 194 valence electrons. The van der Waals surface area contributed by atoms with Crippen molar-refractivity contribution in [1.29, 1.82) is 21.0 Å². The Balaban J connectivity index is 1.81. The second-order valence-corrected chi connectivity index (χ2v) is 8.82. The van der Waals surface area contributed by atoms with Crippen LogP contribution in [0.25, 0.3) is 33.4 Å². The molecule has 2 aliphatic carbocycles. The summed E-state index contributed by atoms with van der Waals surface area (Å²) < 4.78 is 82.0. The van der Waals surface area contributed by atoms with Crippen molar-refractivity contribution in [3.05, 3.63) is 87.5 Å². The lowest BCUT2D eigenvalue weighted by molar-refractivity contribution is -0.274. The van der Waals surface area contributed by atoms with E-state index in [2.05, 4.69) is 4.74 Å². The van der Waals surface area contributed by atoms with Crippen molar-refractivity contribution in [2.24, 2.45) is 0 Å². The zero-order chi connectivity index (χ0) is 29.0. The van der Waals surface area contributed by atoms with Gasteiger partial charge in [-0.15, -0.1) is 13.2 Å². The molecule has 0 heterocycles. The largest absolute Gasteiger partial charge is 0.573 e. The van der Waals surface area contributed by atoms with Gasteiger partial charge in [-0.1, -0.05) is 24.3 Å². The van der Waals surface area contributed by atoms with Gasteiger partial charge >= 0.3 is 12.5 Å². The molecule has 11 heteroatoms. The van der Waals surface area contributed by atoms with Gasteiger partial charge in [0, 0.05) is 11.1 Å². The summed E-state index contributed by atoms with van der Waals surface area (Å²) in [7, 11) is 0. The number of benzene rings is 3. The van der Waals surface area contributed by atoms with E-state index in [1.54, 1.807) is 30.3 Å². The second kappa shape index (κ2) is 9.05. The van der Waals surface area contributed by atoms with Crippen LogP contribution in [0, 0.1) is 45.3 Å². The monoisotopic (exact) mass is 544 g/mol. The molecule has 40 heavy (non-hydrogen) atoms. The maximum absolute atomic E-state index is 13.1. The van der Waals surface area contributed by atoms with Crippen LogP contribution in [0.5, 0.6) is 5.75 Å². The van der Waals surface area contributed by atoms with Crippen LogP contribution < -0.4 is 4.74 Å². The standard InChI is InChI=1S/C29H10F6N4O/c30-28(31,32)9-14-1-3-18-20-7-21-19-4-2-17(40-29(33,34)35)6-23(19)27(16(12-38)13-39)25(21)8-24(20)26(22(18)5-14)15(10-36)11-37/h1-8H,9H2. The Hall–Kier alpha value is -5.52. The summed E-state index contributed by atoms with van der Waals surface area (Å²) in [5.74, 6) is -0.571. The number of hydrogen-bond donors (Lipinski definition) is 0. The molecule has 2 aliphatic rings. The highest BCUT2D eigenvalue weighted by atomic mass is 19.4. The molecule has 0 atom stereocenters. The molecule has 3 aromatic rings. The maximum Gasteiger partial charge on any atom is 0.573 e. The number of hydrogen-bond acceptors (Lipinski definition) is 5. The molecule has 0 aliphatic heterocycles. The minimum atomic E-state index is -4.99. The lowest BCUT2D eigenvalue weighted by Crippen LogP contribution is -2.17. The van der Waals surface area contributed by atoms with Gasteiger partial charge in [0.1, 0.15) is 41.2 Å². The lowest BCUT2D eigenvalue weighted by Gasteiger charge is -2.11. The molecule has 0 unspecified atom stereocenters. The average molecular weight is 544 g/mol. The van der Waals surface area contributed by atoms with Crippen LogP contribution in [0.1, 0.15) is 27.8 Å². The fraction of sp³-hybridized carbons (Fsp3) is 0.103. The smallest absolute Gasteiger partial charge is 0.406 e. The van der Waals surface area contributed by atoms with E-state index in [4.69, 9.17) is 0 Å². The molecule has 0 amide bonds. The molecule has 0 fully saturated rings. The summed E-state index contributed by atoms with van der Waals surface area (Å²) >= 11 is 0. The number of nitrogens with zero attached hydrogens (tertiary/aromatic N) is 4. The van der Waals surface area contributed by atoms with E-state index >= 15 is 0 Å². The molecule has 0 spiro atoms. The van der Waals surface area contributed by atoms with Gasteiger partial charge in [-0.25, -0.2) is 0 Å². The van der Waals surface area contributed by atoms with E-state index in [1.165, 1.54) is 30.3 Å². The molecule has 5 rings (SSSR count). The molecule has 0 radical (unpaired) electrons. The van der Waals surface area contributed by atoms with E-state index in [0.29, 0.717) is 27.8 Å². The summed E-state index contributed by atoms with van der Waals surface area (Å²) in [4.78, 5) is 0. The van der Waals surface area contributed by atoms with E-state index in [9.17, 15) is 47.4 Å². The van der Waals surface area contributed by atoms with Crippen LogP contribution in [-0.2, 0) is 6.42 Å². The topological polar surface area (TPSA) is 104 Å². The normalized spacial score (nSPS) is 12.7. The summed E-state index contributed by atoms with van der Waals surface area (Å²) in [5.41, 5.74) is 1.90. The van der Waals surface area contributed by atoms with Crippen LogP contribution in [-0.4, -0.2) is 12.5 Å². The first-order valence-electron chi connectivity index (χ1n) is 11.3. The minimum Gasteiger partial charge on any atom is -0.406 e. The van der Waals surface area contributed by atoms with Crippen LogP contribution in [0.15, 0.2) is 59.7 Å². The maximum atomic E-state index is 13.1. The SMILES string of the molecule is N#CC(C#N)=C1c2cc(CC(F)(F)F)ccc2-c2cc3c(cc21)C(=C(C#N)C#N)c1cc(OC(F)(F)F)ccc1-3. The van der Waals surface area contributed by atoms with Crippen molar-refractivity contribution < 1.29 is 31.1 Å². The molecule has 5 nitrogen and oxygen atoms in total. The average Bonchev–Trinajstić information content (AvgIpc) is 3.34. The Bertz CT molecular complexity index is 1700. The molecular formula is C29H10F6N4O. The van der Waals surface area contributed by atoms with E-state index in [1.807, 2.05) is 0 Å². The Kier molecular flexibility index (Phi) is 5.90. The Labute approximate surface area is 222 Å². The first-order chi connectivity index (χ1) is 18.9. The van der Waals surface area contributed by atoms with E-state index in [-0.39, 0.29) is 39.0 Å². The van der Waals surface area contributed by atoms with Crippen molar-refractivity contribution >= 4 is 11.1 Å². The zero-order valence-electron chi connectivity index (χ0n) is 19.8. The number of allylic oxidation sites excluding steroid dienone is 2. The van der Waals surface area contributed by atoms with Gasteiger partial charge in [-0.2, -0.15) is 34.2 Å². The molecule has 0 saturated carbocycles. The van der Waals surface area contributed by atoms with Crippen molar-refractivity contribution in [1.82, 2.24) is 0 Å². The summed E-state index contributed by atoms with van der Waals surface area (Å²) in [6.45, 7) is 0. The number of rotatable bonds is 2. The highest BCUT2D eigenvalue weighted by molar-refractivity contribution is 6.11. The van der Waals surface area contributed by atoms with Crippen molar-refractivity contribution in [3.63, 3.8) is 0 Å². The van der Waals surface area contributed by atoms with Crippen LogP contribution in [0.4, 0.5) is 26.3 Å². The van der Waals surface area contributed by atoms with Crippen LogP contribution in [0.2, 0.25) is 0 Å². The number of halogens is 6. The molecule has 0 bridgehead atoms. The molecule has 0 aromatic heterocycles. The van der Waals surface area contributed by atoms with Crippen molar-refractivity contribution in [2.45, 2.75) is 19.0 Å². The molecule has 0 N–H and O–H groups in total. The predicted octanol–water partition coefficient (Wildman–Crippen LogP) is 7.35. The Morgan fingerprint density at radius 1 is 0.575 bits per heavy atom. The zero-order valence-corrected chi connectivity index (χ0v) is 19.8. The molecule has 0 saturated heterocycles. The van der Waals surface area contributed by atoms with Crippen molar-refractivity contribution in [3.8, 4) is 52.3 Å². The first kappa shape index (κ1) is 26.1. The van der Waals surface area contributed by atoms with Gasteiger partial charge in [-0.3, -0.25) is 0 Å². The highest BCUT2D eigenvalue weighted by Gasteiger charge is 2.36. The Morgan fingerprint density at radius 2 is 1.02 bits per heavy atom. The number of alkyl halides is 6. The number of fused-ring (bicyclic) bond motifs is 6. The quantitative estimate of drug-likeness (QED) is 0.171. The first-order valence-corrected chi connectivity index (χ1v) is 11.3. The fourth-order valence-corrected chi connectivity index (χ4v) is 5.10. The van der Waals surface area contributed by atoms with Gasteiger partial charge in [0.2, 0.25) is 0 Å². The van der Waals surface area contributed by atoms with Gasteiger partial charge in [-0.05, 0) is 74.3 Å². The third kappa shape index (κ3) is 4.30. The molecule has 3 aromatic carbocycles. The summed E-state index contributed by atoms with van der Waals surface area (Å²) in [6.07, 6.45) is -10.7. The van der Waals surface area contributed by atoms with Gasteiger partial charge < -0.3 is 4.74 Å². The Morgan fingerprint density at radius 3 is 1.50 bits per heavy atom. The summed E-state index contributed by atoms with van der Waals surface area (Å²) in [6, 6.07) is 17.6. The lowest BCUT2D eigenvalue weighted by atomic mass is 9.93. The van der Waals surface area contributed by atoms with Crippen LogP contribution in [0.3, 0.4) is 0 Å². The minimum absolute atomic E-state index is 0.0222. The number of nitriles is 4. The van der Waals surface area contributed by atoms with Crippen LogP contribution >= 0.6 is 0 Å². The second-order valence-electron chi connectivity index (χ2n) is 8.82.